The maximum Gasteiger partial charge on any atom is 0.342 e. The van der Waals surface area contributed by atoms with E-state index in [1.807, 2.05) is 0 Å². The van der Waals surface area contributed by atoms with Crippen molar-refractivity contribution in [2.24, 2.45) is 0 Å². The standard InChI is InChI=1S/C21H28O7/c1-26-19(24)10-9-15-7-8-17-12-14(22)11-16(27-17)6-5-13-3-2-4-18(23)20(13)21(25)28-15/h2-4,14-17,22-23H,5-12H2,1H3/t14?,15?,16?,17-/m0/s1. The number of benzene rings is 1. The molecule has 2 bridgehead atoms. The van der Waals surface area contributed by atoms with E-state index in [4.69, 9.17) is 9.47 Å². The molecule has 0 spiro atoms. The van der Waals surface area contributed by atoms with Gasteiger partial charge in [-0.15, -0.1) is 0 Å². The SMILES string of the molecule is COC(=O)CCC1CC[C@H]2CC(O)CC(CCc3cccc(O)c3C(=O)O1)O2. The normalized spacial score (nSPS) is 28.3. The van der Waals surface area contributed by atoms with E-state index >= 15 is 0 Å². The summed E-state index contributed by atoms with van der Waals surface area (Å²) in [6.07, 6.45) is 2.83. The summed E-state index contributed by atoms with van der Waals surface area (Å²) in [7, 11) is 1.32. The number of aliphatic hydroxyl groups excluding tert-OH is 1. The lowest BCUT2D eigenvalue weighted by Gasteiger charge is -2.34. The van der Waals surface area contributed by atoms with Gasteiger partial charge in [-0.3, -0.25) is 4.79 Å². The minimum atomic E-state index is -0.574. The Kier molecular flexibility index (Phi) is 6.91. The van der Waals surface area contributed by atoms with Crippen molar-refractivity contribution in [2.75, 3.05) is 7.11 Å². The number of phenolic OH excluding ortho intramolecular Hbond substituents is 1. The fourth-order valence-electron chi connectivity index (χ4n) is 4.03. The van der Waals surface area contributed by atoms with Crippen LogP contribution >= 0.6 is 0 Å². The molecule has 7 nitrogen and oxygen atoms in total. The van der Waals surface area contributed by atoms with E-state index in [-0.39, 0.29) is 35.9 Å². The number of ether oxygens (including phenoxy) is 3. The summed E-state index contributed by atoms with van der Waals surface area (Å²) in [5.74, 6) is -1.06. The summed E-state index contributed by atoms with van der Waals surface area (Å²) < 4.78 is 16.5. The second-order valence-corrected chi connectivity index (χ2v) is 7.57. The summed E-state index contributed by atoms with van der Waals surface area (Å²) in [6, 6.07) is 4.95. The van der Waals surface area contributed by atoms with Crippen LogP contribution in [0.5, 0.6) is 5.75 Å². The van der Waals surface area contributed by atoms with Crippen molar-refractivity contribution in [2.45, 2.75) is 75.8 Å². The highest BCUT2D eigenvalue weighted by Gasteiger charge is 2.31. The maximum atomic E-state index is 12.8. The Hall–Kier alpha value is -2.12. The summed E-state index contributed by atoms with van der Waals surface area (Å²) in [5, 5.41) is 20.5. The molecule has 3 unspecified atom stereocenters. The Bertz CT molecular complexity index is 702. The van der Waals surface area contributed by atoms with E-state index in [2.05, 4.69) is 4.74 Å². The monoisotopic (exact) mass is 392 g/mol. The van der Waals surface area contributed by atoms with Crippen LogP contribution in [0.4, 0.5) is 0 Å². The second kappa shape index (κ2) is 9.39. The van der Waals surface area contributed by atoms with Crippen molar-refractivity contribution in [1.29, 1.82) is 0 Å². The van der Waals surface area contributed by atoms with E-state index in [9.17, 15) is 19.8 Å². The number of aliphatic hydroxyl groups is 1. The number of aryl methyl sites for hydroxylation is 1. The number of carbonyl (C=O) groups is 2. The van der Waals surface area contributed by atoms with Crippen LogP contribution in [0.2, 0.25) is 0 Å². The van der Waals surface area contributed by atoms with E-state index in [1.54, 1.807) is 12.1 Å². The first-order valence-corrected chi connectivity index (χ1v) is 9.88. The Labute approximate surface area is 164 Å². The van der Waals surface area contributed by atoms with Gasteiger partial charge in [0, 0.05) is 6.42 Å². The van der Waals surface area contributed by atoms with Gasteiger partial charge in [-0.05, 0) is 56.6 Å². The zero-order valence-corrected chi connectivity index (χ0v) is 16.1. The van der Waals surface area contributed by atoms with Gasteiger partial charge in [-0.2, -0.15) is 0 Å². The number of aromatic hydroxyl groups is 1. The number of methoxy groups -OCH3 is 1. The first kappa shape index (κ1) is 20.6. The summed E-state index contributed by atoms with van der Waals surface area (Å²) in [4.78, 5) is 24.3. The number of esters is 2. The first-order chi connectivity index (χ1) is 13.5. The van der Waals surface area contributed by atoms with E-state index in [0.717, 1.165) is 0 Å². The van der Waals surface area contributed by atoms with Crippen LogP contribution < -0.4 is 0 Å². The average molecular weight is 392 g/mol. The lowest BCUT2D eigenvalue weighted by molar-refractivity contribution is -0.141. The van der Waals surface area contributed by atoms with Gasteiger partial charge in [0.05, 0.1) is 25.4 Å². The Morgan fingerprint density at radius 3 is 2.71 bits per heavy atom. The van der Waals surface area contributed by atoms with Gasteiger partial charge in [-0.25, -0.2) is 4.79 Å². The fourth-order valence-corrected chi connectivity index (χ4v) is 4.03. The molecule has 0 amide bonds. The highest BCUT2D eigenvalue weighted by molar-refractivity contribution is 5.94. The molecule has 1 saturated heterocycles. The molecule has 1 fully saturated rings. The predicted octanol–water partition coefficient (Wildman–Crippen LogP) is 2.51. The quantitative estimate of drug-likeness (QED) is 0.762. The molecule has 2 heterocycles. The summed E-state index contributed by atoms with van der Waals surface area (Å²) >= 11 is 0. The summed E-state index contributed by atoms with van der Waals surface area (Å²) in [6.45, 7) is 0. The second-order valence-electron chi connectivity index (χ2n) is 7.57. The molecule has 28 heavy (non-hydrogen) atoms. The predicted molar refractivity (Wildman–Crippen MR) is 100 cm³/mol. The highest BCUT2D eigenvalue weighted by atomic mass is 16.5. The van der Waals surface area contributed by atoms with Crippen LogP contribution in [0.15, 0.2) is 18.2 Å². The Morgan fingerprint density at radius 1 is 1.21 bits per heavy atom. The van der Waals surface area contributed by atoms with E-state index < -0.39 is 18.2 Å². The third-order valence-electron chi connectivity index (χ3n) is 5.51. The van der Waals surface area contributed by atoms with Crippen molar-refractivity contribution in [3.8, 4) is 5.75 Å². The van der Waals surface area contributed by atoms with Crippen LogP contribution in [0, 0.1) is 0 Å². The number of rotatable bonds is 3. The molecule has 1 aromatic carbocycles. The average Bonchev–Trinajstić information content (AvgIpc) is 2.66. The molecule has 2 aliphatic rings. The molecular formula is C21H28O7. The van der Waals surface area contributed by atoms with Gasteiger partial charge >= 0.3 is 11.9 Å². The van der Waals surface area contributed by atoms with Gasteiger partial charge in [0.15, 0.2) is 0 Å². The molecule has 2 N–H and O–H groups in total. The molecule has 3 rings (SSSR count). The third-order valence-corrected chi connectivity index (χ3v) is 5.51. The number of cyclic esters (lactones) is 1. The van der Waals surface area contributed by atoms with Crippen molar-refractivity contribution in [1.82, 2.24) is 0 Å². The van der Waals surface area contributed by atoms with E-state index in [0.29, 0.717) is 50.5 Å². The number of phenols is 1. The Balaban J connectivity index is 1.84. The molecule has 2 aliphatic heterocycles. The van der Waals surface area contributed by atoms with Crippen molar-refractivity contribution >= 4 is 11.9 Å². The molecule has 4 atom stereocenters. The van der Waals surface area contributed by atoms with Gasteiger partial charge in [0.25, 0.3) is 0 Å². The fraction of sp³-hybridized carbons (Fsp3) is 0.619. The zero-order valence-electron chi connectivity index (χ0n) is 16.1. The zero-order chi connectivity index (χ0) is 20.1. The lowest BCUT2D eigenvalue weighted by Crippen LogP contribution is -2.37. The molecule has 1 aromatic rings. The number of hydrogen-bond acceptors (Lipinski definition) is 7. The van der Waals surface area contributed by atoms with Gasteiger partial charge in [0.1, 0.15) is 17.4 Å². The molecular weight excluding hydrogens is 364 g/mol. The molecule has 0 saturated carbocycles. The smallest absolute Gasteiger partial charge is 0.342 e. The first-order valence-electron chi connectivity index (χ1n) is 9.88. The minimum absolute atomic E-state index is 0.0899. The van der Waals surface area contributed by atoms with Crippen LogP contribution in [0.1, 0.15) is 60.9 Å². The number of carbonyl (C=O) groups excluding carboxylic acids is 2. The molecule has 154 valence electrons. The summed E-state index contributed by atoms with van der Waals surface area (Å²) in [5.41, 5.74) is 0.858. The van der Waals surface area contributed by atoms with Gasteiger partial charge in [-0.1, -0.05) is 12.1 Å². The van der Waals surface area contributed by atoms with Crippen LogP contribution in [0.25, 0.3) is 0 Å². The lowest BCUT2D eigenvalue weighted by atomic mass is 9.92. The molecule has 7 heteroatoms. The highest BCUT2D eigenvalue weighted by Crippen LogP contribution is 2.31. The van der Waals surface area contributed by atoms with Crippen LogP contribution in [0.3, 0.4) is 0 Å². The van der Waals surface area contributed by atoms with Crippen LogP contribution in [-0.4, -0.2) is 53.7 Å². The minimum Gasteiger partial charge on any atom is -0.507 e. The van der Waals surface area contributed by atoms with E-state index in [1.165, 1.54) is 13.2 Å². The number of hydrogen-bond donors (Lipinski definition) is 2. The maximum absolute atomic E-state index is 12.8. The number of fused-ring (bicyclic) bond motifs is 3. The van der Waals surface area contributed by atoms with Gasteiger partial charge < -0.3 is 24.4 Å². The van der Waals surface area contributed by atoms with Gasteiger partial charge in [0.2, 0.25) is 0 Å². The molecule has 0 aliphatic carbocycles. The van der Waals surface area contributed by atoms with Crippen LogP contribution in [-0.2, 0) is 25.4 Å². The largest absolute Gasteiger partial charge is 0.507 e. The van der Waals surface area contributed by atoms with Crippen molar-refractivity contribution in [3.05, 3.63) is 29.3 Å². The third kappa shape index (κ3) is 5.23. The van der Waals surface area contributed by atoms with Crippen molar-refractivity contribution < 1.29 is 34.0 Å². The molecule has 0 aromatic heterocycles. The Morgan fingerprint density at radius 2 is 1.96 bits per heavy atom. The topological polar surface area (TPSA) is 102 Å². The molecule has 0 radical (unpaired) electrons. The van der Waals surface area contributed by atoms with Crippen molar-refractivity contribution in [3.63, 3.8) is 0 Å².